The van der Waals surface area contributed by atoms with Gasteiger partial charge in [0.25, 0.3) is 0 Å². The van der Waals surface area contributed by atoms with Gasteiger partial charge in [0.2, 0.25) is 17.7 Å². The van der Waals surface area contributed by atoms with Gasteiger partial charge in [-0.25, -0.2) is 10.2 Å². The van der Waals surface area contributed by atoms with E-state index in [1.807, 2.05) is 13.8 Å². The number of Topliss-reactive ketones (excluding diaryl/α,β-unsaturated/α-hetero) is 1. The van der Waals surface area contributed by atoms with Gasteiger partial charge in [-0.1, -0.05) is 27.7 Å². The summed E-state index contributed by atoms with van der Waals surface area (Å²) in [6, 6.07) is 3.12. The number of ether oxygens (including phenoxy) is 1. The van der Waals surface area contributed by atoms with E-state index in [0.29, 0.717) is 31.4 Å². The number of pyridine rings is 1. The van der Waals surface area contributed by atoms with Crippen molar-refractivity contribution in [1.29, 1.82) is 0 Å². The first-order valence-corrected chi connectivity index (χ1v) is 13.9. The average Bonchev–Trinajstić information content (AvgIpc) is 3.44. The molecule has 0 spiro atoms. The molecule has 0 radical (unpaired) electrons. The topological polar surface area (TPSA) is 160 Å². The number of hydrogen-bond donors (Lipinski definition) is 3. The van der Waals surface area contributed by atoms with Crippen LogP contribution in [0.25, 0.3) is 11.3 Å². The summed E-state index contributed by atoms with van der Waals surface area (Å²) in [6.45, 7) is 7.53. The maximum atomic E-state index is 13.3. The smallest absolute Gasteiger partial charge is 0.342 e. The van der Waals surface area contributed by atoms with Crippen LogP contribution in [0.5, 0.6) is 0 Å². The van der Waals surface area contributed by atoms with Crippen LogP contribution in [0.15, 0.2) is 41.3 Å². The Morgan fingerprint density at radius 1 is 1.17 bits per heavy atom. The van der Waals surface area contributed by atoms with Crippen molar-refractivity contribution in [3.05, 3.63) is 42.4 Å². The van der Waals surface area contributed by atoms with Crippen molar-refractivity contribution in [2.75, 3.05) is 19.7 Å². The van der Waals surface area contributed by atoms with Gasteiger partial charge in [0.05, 0.1) is 12.3 Å². The Labute approximate surface area is 239 Å². The number of hydrogen-bond acceptors (Lipinski definition) is 9. The van der Waals surface area contributed by atoms with E-state index in [-0.39, 0.29) is 47.9 Å². The highest BCUT2D eigenvalue weighted by Crippen LogP contribution is 2.24. The second-order valence-electron chi connectivity index (χ2n) is 10.7. The first-order valence-electron chi connectivity index (χ1n) is 13.9. The normalized spacial score (nSPS) is 15.9. The van der Waals surface area contributed by atoms with Gasteiger partial charge in [-0.3, -0.25) is 29.2 Å². The number of carbonyl (C=O) groups is 5. The van der Waals surface area contributed by atoms with Gasteiger partial charge in [-0.15, -0.1) is 0 Å². The summed E-state index contributed by atoms with van der Waals surface area (Å²) in [6.07, 6.45) is 5.96. The number of rotatable bonds is 13. The molecule has 3 N–H and O–H groups in total. The lowest BCUT2D eigenvalue weighted by atomic mass is 9.98. The van der Waals surface area contributed by atoms with Gasteiger partial charge in [-0.2, -0.15) is 0 Å². The Balaban J connectivity index is 1.57. The van der Waals surface area contributed by atoms with Gasteiger partial charge in [0.15, 0.2) is 12.4 Å². The summed E-state index contributed by atoms with van der Waals surface area (Å²) < 4.78 is 10.7. The number of ketones is 1. The van der Waals surface area contributed by atoms with Crippen LogP contribution in [-0.4, -0.2) is 71.2 Å². The summed E-state index contributed by atoms with van der Waals surface area (Å²) >= 11 is 0. The molecule has 0 aromatic carbocycles. The van der Waals surface area contributed by atoms with E-state index in [9.17, 15) is 24.0 Å². The molecule has 2 aromatic rings. The third-order valence-corrected chi connectivity index (χ3v) is 6.54. The molecule has 0 unspecified atom stereocenters. The third-order valence-electron chi connectivity index (χ3n) is 6.54. The lowest BCUT2D eigenvalue weighted by Crippen LogP contribution is -2.61. The predicted molar refractivity (Wildman–Crippen MR) is 149 cm³/mol. The summed E-state index contributed by atoms with van der Waals surface area (Å²) in [5.41, 5.74) is 3.71. The predicted octanol–water partition coefficient (Wildman–Crippen LogP) is 2.26. The average molecular weight is 570 g/mol. The van der Waals surface area contributed by atoms with Crippen molar-refractivity contribution >= 4 is 29.5 Å². The standard InChI is InChI=1S/C29H39N5O7/c1-18(2)15-24(36)31-13-9-25(37)34-22(8-6-12-32-34)28(38)33-26(19(3)4)23(35)17-41-29(39)21-10-14-40-27(21)20-7-5-11-30-16-20/h5,7,10-11,14,16,18-19,22,26,32H,6,8-9,12-13,15,17H2,1-4H3,(H,31,36)(H,33,38)/t22-,26-/m0/s1. The minimum Gasteiger partial charge on any atom is -0.463 e. The zero-order chi connectivity index (χ0) is 29.9. The molecule has 12 nitrogen and oxygen atoms in total. The number of aromatic nitrogens is 1. The molecule has 0 aliphatic carbocycles. The number of nitrogens with one attached hydrogen (secondary N) is 3. The molecule has 3 rings (SSSR count). The van der Waals surface area contributed by atoms with Crippen LogP contribution in [0.1, 0.15) is 63.7 Å². The molecule has 1 aliphatic rings. The largest absolute Gasteiger partial charge is 0.463 e. The molecule has 222 valence electrons. The molecule has 1 aliphatic heterocycles. The van der Waals surface area contributed by atoms with E-state index in [1.165, 1.54) is 17.3 Å². The van der Waals surface area contributed by atoms with E-state index < -0.39 is 36.4 Å². The van der Waals surface area contributed by atoms with E-state index in [4.69, 9.17) is 9.15 Å². The minimum absolute atomic E-state index is 0.0259. The first kappa shape index (κ1) is 31.5. The summed E-state index contributed by atoms with van der Waals surface area (Å²) in [4.78, 5) is 67.9. The summed E-state index contributed by atoms with van der Waals surface area (Å²) in [5.74, 6) is -2.00. The van der Waals surface area contributed by atoms with Gasteiger partial charge in [0, 0.05) is 43.9 Å². The number of esters is 1. The fraction of sp³-hybridized carbons (Fsp3) is 0.517. The van der Waals surface area contributed by atoms with Crippen molar-refractivity contribution < 1.29 is 33.1 Å². The first-order chi connectivity index (χ1) is 19.6. The summed E-state index contributed by atoms with van der Waals surface area (Å²) in [5, 5.41) is 6.76. The number of amides is 3. The zero-order valence-corrected chi connectivity index (χ0v) is 24.0. The highest BCUT2D eigenvalue weighted by molar-refractivity contribution is 5.98. The maximum absolute atomic E-state index is 13.3. The van der Waals surface area contributed by atoms with Gasteiger partial charge in [0.1, 0.15) is 17.4 Å². The molecule has 0 bridgehead atoms. The molecule has 1 saturated heterocycles. The lowest BCUT2D eigenvalue weighted by molar-refractivity contribution is -0.147. The van der Waals surface area contributed by atoms with Crippen molar-refractivity contribution in [1.82, 2.24) is 26.1 Å². The minimum atomic E-state index is -0.938. The second kappa shape index (κ2) is 15.1. The van der Waals surface area contributed by atoms with Gasteiger partial charge < -0.3 is 19.8 Å². The monoisotopic (exact) mass is 569 g/mol. The van der Waals surface area contributed by atoms with Crippen LogP contribution < -0.4 is 16.1 Å². The van der Waals surface area contributed by atoms with E-state index in [0.717, 1.165) is 0 Å². The third kappa shape index (κ3) is 8.97. The van der Waals surface area contributed by atoms with Crippen LogP contribution >= 0.6 is 0 Å². The van der Waals surface area contributed by atoms with E-state index in [1.54, 1.807) is 38.4 Å². The van der Waals surface area contributed by atoms with Gasteiger partial charge in [-0.05, 0) is 42.9 Å². The Morgan fingerprint density at radius 3 is 2.63 bits per heavy atom. The number of hydrazine groups is 1. The van der Waals surface area contributed by atoms with E-state index in [2.05, 4.69) is 21.0 Å². The molecule has 1 fully saturated rings. The zero-order valence-electron chi connectivity index (χ0n) is 24.0. The second-order valence-corrected chi connectivity index (χ2v) is 10.7. The van der Waals surface area contributed by atoms with Crippen molar-refractivity contribution in [3.63, 3.8) is 0 Å². The molecular formula is C29H39N5O7. The Morgan fingerprint density at radius 2 is 1.95 bits per heavy atom. The van der Waals surface area contributed by atoms with Crippen molar-refractivity contribution in [2.24, 2.45) is 11.8 Å². The maximum Gasteiger partial charge on any atom is 0.342 e. The molecule has 3 heterocycles. The Kier molecular flexibility index (Phi) is 11.6. The molecule has 2 atom stereocenters. The quantitative estimate of drug-likeness (QED) is 0.308. The fourth-order valence-electron chi connectivity index (χ4n) is 4.48. The van der Waals surface area contributed by atoms with Crippen LogP contribution in [0.3, 0.4) is 0 Å². The molecule has 2 aromatic heterocycles. The molecule has 3 amide bonds. The molecule has 12 heteroatoms. The van der Waals surface area contributed by atoms with Crippen LogP contribution in [0, 0.1) is 11.8 Å². The van der Waals surface area contributed by atoms with Crippen LogP contribution in [0.2, 0.25) is 0 Å². The molecular weight excluding hydrogens is 530 g/mol. The Bertz CT molecular complexity index is 1210. The number of nitrogens with zero attached hydrogens (tertiary/aromatic N) is 2. The highest BCUT2D eigenvalue weighted by Gasteiger charge is 2.35. The molecule has 0 saturated carbocycles. The molecule has 41 heavy (non-hydrogen) atoms. The number of carbonyl (C=O) groups excluding carboxylic acids is 5. The fourth-order valence-corrected chi connectivity index (χ4v) is 4.48. The SMILES string of the molecule is CC(C)CC(=O)NCCC(=O)N1NCCC[C@H]1C(=O)N[C@H](C(=O)COC(=O)c1ccoc1-c1cccnc1)C(C)C. The van der Waals surface area contributed by atoms with Crippen molar-refractivity contribution in [3.8, 4) is 11.3 Å². The van der Waals surface area contributed by atoms with Crippen LogP contribution in [-0.2, 0) is 23.9 Å². The van der Waals surface area contributed by atoms with Crippen molar-refractivity contribution in [2.45, 2.75) is 65.5 Å². The Hall–Kier alpha value is -4.06. The van der Waals surface area contributed by atoms with E-state index >= 15 is 0 Å². The lowest BCUT2D eigenvalue weighted by Gasteiger charge is -2.36. The number of furan rings is 1. The van der Waals surface area contributed by atoms with Crippen LogP contribution in [0.4, 0.5) is 0 Å². The highest BCUT2D eigenvalue weighted by atomic mass is 16.5. The summed E-state index contributed by atoms with van der Waals surface area (Å²) in [7, 11) is 0. The van der Waals surface area contributed by atoms with Gasteiger partial charge >= 0.3 is 5.97 Å².